The molecule has 3 unspecified atom stereocenters. The van der Waals surface area contributed by atoms with Gasteiger partial charge in [-0.15, -0.1) is 0 Å². The van der Waals surface area contributed by atoms with Crippen molar-refractivity contribution in [2.45, 2.75) is 149 Å². The second-order valence-corrected chi connectivity index (χ2v) is 13.6. The van der Waals surface area contributed by atoms with Crippen LogP contribution in [0.2, 0.25) is 0 Å². The van der Waals surface area contributed by atoms with Crippen molar-refractivity contribution in [1.82, 2.24) is 0 Å². The Balaban J connectivity index is 0.000000116. The van der Waals surface area contributed by atoms with Crippen molar-refractivity contribution in [1.29, 1.82) is 0 Å². The molecule has 7 aliphatic rings. The molecular formula is C31H56. The topological polar surface area (TPSA) is 0 Å². The smallest absolute Gasteiger partial charge is 0.0292 e. The Morgan fingerprint density at radius 2 is 0.903 bits per heavy atom. The molecule has 0 heteroatoms. The van der Waals surface area contributed by atoms with Gasteiger partial charge in [0.2, 0.25) is 0 Å². The maximum atomic E-state index is 2.56. The Kier molecular flexibility index (Phi) is 8.89. The minimum absolute atomic E-state index is 0.759. The zero-order chi connectivity index (χ0) is 21.7. The molecule has 180 valence electrons. The standard InChI is InChI=1S/C12H20.C12H22.C7H14/c1-8-11-4-9-3-10(5-11)7-12(8,2)6-9;1-3-7-11(8-4-1)12-9-5-2-6-10-12;1-7-5-3-2-4-6-7/h8-11H,3-7H2,1-2H3;11-12H,1-10H2;7H,2-6H2,1H3. The minimum Gasteiger partial charge on any atom is -0.0625 e. The van der Waals surface area contributed by atoms with Crippen LogP contribution >= 0.6 is 0 Å². The van der Waals surface area contributed by atoms with Gasteiger partial charge in [0, 0.05) is 0 Å². The lowest BCUT2D eigenvalue weighted by molar-refractivity contribution is -0.0906. The lowest BCUT2D eigenvalue weighted by Crippen LogP contribution is -2.50. The highest BCUT2D eigenvalue weighted by Gasteiger charge is 2.52. The van der Waals surface area contributed by atoms with Gasteiger partial charge in [0.1, 0.15) is 0 Å². The lowest BCUT2D eigenvalue weighted by Gasteiger charge is -2.59. The third-order valence-electron chi connectivity index (χ3n) is 11.1. The normalized spacial score (nSPS) is 41.1. The van der Waals surface area contributed by atoms with Gasteiger partial charge in [-0.05, 0) is 78.9 Å². The van der Waals surface area contributed by atoms with Gasteiger partial charge < -0.3 is 0 Å². The molecule has 0 spiro atoms. The van der Waals surface area contributed by atoms with Crippen molar-refractivity contribution in [3.63, 3.8) is 0 Å². The molecule has 31 heavy (non-hydrogen) atoms. The second-order valence-electron chi connectivity index (χ2n) is 13.6. The first-order valence-electron chi connectivity index (χ1n) is 15.0. The van der Waals surface area contributed by atoms with Gasteiger partial charge in [-0.25, -0.2) is 0 Å². The van der Waals surface area contributed by atoms with E-state index in [0.29, 0.717) is 0 Å². The van der Waals surface area contributed by atoms with E-state index in [4.69, 9.17) is 0 Å². The SMILES string of the molecule is C1CCC(C2CCCCC2)CC1.CC1C2CC3CC(C2)CC1(C)C3.CC1CCCCC1. The lowest BCUT2D eigenvalue weighted by atomic mass is 9.46. The molecule has 0 amide bonds. The number of hydrogen-bond acceptors (Lipinski definition) is 0. The van der Waals surface area contributed by atoms with Crippen molar-refractivity contribution in [3.8, 4) is 0 Å². The highest BCUT2D eigenvalue weighted by Crippen LogP contribution is 2.62. The summed E-state index contributed by atoms with van der Waals surface area (Å²) in [7, 11) is 0. The molecule has 0 N–H and O–H groups in total. The molecule has 0 aliphatic heterocycles. The zero-order valence-corrected chi connectivity index (χ0v) is 21.7. The average molecular weight is 429 g/mol. The first kappa shape index (κ1) is 24.1. The molecule has 7 aliphatic carbocycles. The summed E-state index contributed by atoms with van der Waals surface area (Å²) in [4.78, 5) is 0. The number of hydrogen-bond donors (Lipinski definition) is 0. The van der Waals surface area contributed by atoms with Crippen molar-refractivity contribution in [2.24, 2.45) is 46.8 Å². The van der Waals surface area contributed by atoms with E-state index in [-0.39, 0.29) is 0 Å². The predicted octanol–water partition coefficient (Wildman–Crippen LogP) is 10.2. The van der Waals surface area contributed by atoms with Crippen LogP contribution in [-0.2, 0) is 0 Å². The highest BCUT2D eigenvalue weighted by atomic mass is 14.6. The van der Waals surface area contributed by atoms with Crippen LogP contribution < -0.4 is 0 Å². The maximum absolute atomic E-state index is 2.56. The van der Waals surface area contributed by atoms with Crippen molar-refractivity contribution in [3.05, 3.63) is 0 Å². The fourth-order valence-corrected chi connectivity index (χ4v) is 9.22. The molecule has 7 rings (SSSR count). The van der Waals surface area contributed by atoms with Crippen LogP contribution in [0.1, 0.15) is 149 Å². The third-order valence-corrected chi connectivity index (χ3v) is 11.1. The summed E-state index contributed by atoms with van der Waals surface area (Å²) in [6.45, 7) is 7.43. The van der Waals surface area contributed by atoms with Gasteiger partial charge in [-0.3, -0.25) is 0 Å². The van der Waals surface area contributed by atoms with E-state index in [2.05, 4.69) is 20.8 Å². The van der Waals surface area contributed by atoms with Gasteiger partial charge in [0.15, 0.2) is 0 Å². The predicted molar refractivity (Wildman–Crippen MR) is 136 cm³/mol. The summed E-state index contributed by atoms with van der Waals surface area (Å²) in [6, 6.07) is 0. The van der Waals surface area contributed by atoms with Crippen LogP contribution in [0.3, 0.4) is 0 Å². The van der Waals surface area contributed by atoms with Crippen molar-refractivity contribution in [2.75, 3.05) is 0 Å². The average Bonchev–Trinajstić information content (AvgIpc) is 2.79. The van der Waals surface area contributed by atoms with Crippen LogP contribution in [0.25, 0.3) is 0 Å². The zero-order valence-electron chi connectivity index (χ0n) is 21.7. The molecule has 0 saturated heterocycles. The third kappa shape index (κ3) is 6.53. The minimum atomic E-state index is 0.759. The van der Waals surface area contributed by atoms with Crippen LogP contribution in [0.5, 0.6) is 0 Å². The van der Waals surface area contributed by atoms with Gasteiger partial charge in [-0.1, -0.05) is 117 Å². The quantitative estimate of drug-likeness (QED) is 0.389. The monoisotopic (exact) mass is 428 g/mol. The van der Waals surface area contributed by atoms with E-state index in [9.17, 15) is 0 Å². The molecule has 0 aromatic rings. The van der Waals surface area contributed by atoms with E-state index in [1.165, 1.54) is 70.6 Å². The van der Waals surface area contributed by atoms with Gasteiger partial charge in [0.25, 0.3) is 0 Å². The van der Waals surface area contributed by atoms with Crippen molar-refractivity contribution < 1.29 is 0 Å². The Morgan fingerprint density at radius 1 is 0.484 bits per heavy atom. The Morgan fingerprint density at radius 3 is 1.26 bits per heavy atom. The Labute approximate surface area is 196 Å². The van der Waals surface area contributed by atoms with Gasteiger partial charge in [0.05, 0.1) is 0 Å². The molecule has 4 bridgehead atoms. The summed E-state index contributed by atoms with van der Waals surface area (Å²) >= 11 is 0. The first-order chi connectivity index (χ1) is 15.0. The molecule has 0 aromatic carbocycles. The van der Waals surface area contributed by atoms with Gasteiger partial charge in [-0.2, -0.15) is 0 Å². The molecule has 0 heterocycles. The van der Waals surface area contributed by atoms with Crippen molar-refractivity contribution >= 4 is 0 Å². The summed E-state index contributed by atoms with van der Waals surface area (Å²) in [6.07, 6.45) is 30.7. The summed E-state index contributed by atoms with van der Waals surface area (Å²) in [5, 5.41) is 0. The van der Waals surface area contributed by atoms with Gasteiger partial charge >= 0.3 is 0 Å². The van der Waals surface area contributed by atoms with Crippen LogP contribution in [-0.4, -0.2) is 0 Å². The fraction of sp³-hybridized carbons (Fsp3) is 1.00. The molecule has 7 fully saturated rings. The van der Waals surface area contributed by atoms with Crippen LogP contribution in [0, 0.1) is 46.8 Å². The summed E-state index contributed by atoms with van der Waals surface area (Å²) in [5.41, 5.74) is 0.759. The van der Waals surface area contributed by atoms with E-state index in [1.807, 2.05) is 0 Å². The fourth-order valence-electron chi connectivity index (χ4n) is 9.22. The van der Waals surface area contributed by atoms with Crippen LogP contribution in [0.15, 0.2) is 0 Å². The van der Waals surface area contributed by atoms with Crippen LogP contribution in [0.4, 0.5) is 0 Å². The Hall–Kier alpha value is 0. The molecular weight excluding hydrogens is 372 g/mol. The molecule has 3 atom stereocenters. The highest BCUT2D eigenvalue weighted by molar-refractivity contribution is 5.02. The molecule has 0 aromatic heterocycles. The van der Waals surface area contributed by atoms with E-state index in [0.717, 1.165) is 46.8 Å². The largest absolute Gasteiger partial charge is 0.0625 e. The first-order valence-corrected chi connectivity index (χ1v) is 15.0. The molecule has 0 radical (unpaired) electrons. The van der Waals surface area contributed by atoms with E-state index >= 15 is 0 Å². The Bertz CT molecular complexity index is 472. The molecule has 7 saturated carbocycles. The maximum Gasteiger partial charge on any atom is -0.0292 e. The second kappa shape index (κ2) is 11.4. The summed E-state index contributed by atoms with van der Waals surface area (Å²) in [5.74, 6) is 7.71. The van der Waals surface area contributed by atoms with E-state index < -0.39 is 0 Å². The van der Waals surface area contributed by atoms with E-state index in [1.54, 1.807) is 57.8 Å². The number of rotatable bonds is 1. The molecule has 0 nitrogen and oxygen atoms in total. The summed E-state index contributed by atoms with van der Waals surface area (Å²) < 4.78 is 0.